The molecular formula is C13H20N4O3. The van der Waals surface area contributed by atoms with E-state index in [4.69, 9.17) is 0 Å². The summed E-state index contributed by atoms with van der Waals surface area (Å²) in [6.45, 7) is 4.30. The van der Waals surface area contributed by atoms with Gasteiger partial charge in [-0.25, -0.2) is 9.78 Å². The van der Waals surface area contributed by atoms with Crippen LogP contribution in [0, 0.1) is 0 Å². The number of imidazole rings is 1. The number of rotatable bonds is 5. The van der Waals surface area contributed by atoms with Crippen LogP contribution in [0.1, 0.15) is 45.0 Å². The highest BCUT2D eigenvalue weighted by Crippen LogP contribution is 2.18. The van der Waals surface area contributed by atoms with Crippen LogP contribution in [0.3, 0.4) is 0 Å². The first-order valence-electron chi connectivity index (χ1n) is 6.84. The fraction of sp³-hybridized carbons (Fsp3) is 0.615. The molecule has 0 spiro atoms. The Morgan fingerprint density at radius 3 is 2.65 bits per heavy atom. The molecule has 7 heteroatoms. The Balaban J connectivity index is 2.68. The van der Waals surface area contributed by atoms with Crippen LogP contribution in [0.4, 0.5) is 0 Å². The number of aryl methyl sites for hydroxylation is 2. The van der Waals surface area contributed by atoms with E-state index in [0.717, 1.165) is 19.3 Å². The van der Waals surface area contributed by atoms with Gasteiger partial charge in [-0.3, -0.25) is 14.3 Å². The van der Waals surface area contributed by atoms with Crippen molar-refractivity contribution in [2.45, 2.75) is 45.8 Å². The molecule has 1 atom stereocenters. The average Bonchev–Trinajstić information content (AvgIpc) is 2.77. The largest absolute Gasteiger partial charge is 0.385 e. The zero-order valence-electron chi connectivity index (χ0n) is 12.0. The van der Waals surface area contributed by atoms with Crippen LogP contribution < -0.4 is 11.2 Å². The highest BCUT2D eigenvalue weighted by molar-refractivity contribution is 5.70. The Morgan fingerprint density at radius 2 is 2.05 bits per heavy atom. The summed E-state index contributed by atoms with van der Waals surface area (Å²) in [5.41, 5.74) is -0.304. The lowest BCUT2D eigenvalue weighted by molar-refractivity contribution is 0.184. The van der Waals surface area contributed by atoms with Crippen LogP contribution in [0.25, 0.3) is 11.2 Å². The van der Waals surface area contributed by atoms with Crippen molar-refractivity contribution in [1.29, 1.82) is 0 Å². The summed E-state index contributed by atoms with van der Waals surface area (Å²) >= 11 is 0. The third-order valence-corrected chi connectivity index (χ3v) is 3.40. The van der Waals surface area contributed by atoms with E-state index in [9.17, 15) is 14.7 Å². The van der Waals surface area contributed by atoms with Gasteiger partial charge in [-0.05, 0) is 13.3 Å². The first kappa shape index (κ1) is 14.5. The van der Waals surface area contributed by atoms with Crippen molar-refractivity contribution in [3.8, 4) is 0 Å². The van der Waals surface area contributed by atoms with E-state index in [1.807, 2.05) is 0 Å². The number of nitrogens with one attached hydrogen (secondary N) is 1. The van der Waals surface area contributed by atoms with Gasteiger partial charge in [0.15, 0.2) is 11.2 Å². The van der Waals surface area contributed by atoms with E-state index in [0.29, 0.717) is 23.5 Å². The van der Waals surface area contributed by atoms with Gasteiger partial charge in [0, 0.05) is 13.6 Å². The van der Waals surface area contributed by atoms with E-state index in [2.05, 4.69) is 16.9 Å². The minimum absolute atomic E-state index is 0.311. The van der Waals surface area contributed by atoms with Gasteiger partial charge in [0.05, 0.1) is 0 Å². The smallest absolute Gasteiger partial charge is 0.329 e. The lowest BCUT2D eigenvalue weighted by atomic mass is 10.2. The second-order valence-corrected chi connectivity index (χ2v) is 5.00. The molecule has 0 saturated heterocycles. The molecule has 0 aliphatic rings. The summed E-state index contributed by atoms with van der Waals surface area (Å²) < 4.78 is 3.01. The van der Waals surface area contributed by atoms with E-state index in [-0.39, 0.29) is 0 Å². The number of fused-ring (bicyclic) bond motifs is 1. The van der Waals surface area contributed by atoms with Gasteiger partial charge in [-0.1, -0.05) is 19.8 Å². The van der Waals surface area contributed by atoms with Gasteiger partial charge in [-0.15, -0.1) is 0 Å². The van der Waals surface area contributed by atoms with E-state index < -0.39 is 17.4 Å². The zero-order valence-corrected chi connectivity index (χ0v) is 12.0. The third-order valence-electron chi connectivity index (χ3n) is 3.40. The van der Waals surface area contributed by atoms with Gasteiger partial charge in [0.1, 0.15) is 11.9 Å². The Labute approximate surface area is 115 Å². The Hall–Kier alpha value is -1.89. The van der Waals surface area contributed by atoms with Crippen LogP contribution >= 0.6 is 0 Å². The van der Waals surface area contributed by atoms with Crippen LogP contribution in [0.15, 0.2) is 9.59 Å². The zero-order chi connectivity index (χ0) is 14.9. The van der Waals surface area contributed by atoms with E-state index >= 15 is 0 Å². The number of hydrogen-bond acceptors (Lipinski definition) is 4. The number of unbranched alkanes of at least 4 members (excludes halogenated alkanes) is 2. The molecule has 110 valence electrons. The summed E-state index contributed by atoms with van der Waals surface area (Å²) in [7, 11) is 1.55. The fourth-order valence-electron chi connectivity index (χ4n) is 2.32. The second-order valence-electron chi connectivity index (χ2n) is 5.00. The van der Waals surface area contributed by atoms with Crippen LogP contribution in [0.5, 0.6) is 0 Å². The molecule has 0 radical (unpaired) electrons. The topological polar surface area (TPSA) is 92.9 Å². The van der Waals surface area contributed by atoms with Crippen molar-refractivity contribution in [3.63, 3.8) is 0 Å². The molecule has 7 nitrogen and oxygen atoms in total. The van der Waals surface area contributed by atoms with Gasteiger partial charge < -0.3 is 9.67 Å². The normalized spacial score (nSPS) is 13.0. The van der Waals surface area contributed by atoms with Crippen molar-refractivity contribution in [2.24, 2.45) is 7.05 Å². The van der Waals surface area contributed by atoms with Gasteiger partial charge in [-0.2, -0.15) is 0 Å². The predicted molar refractivity (Wildman–Crippen MR) is 75.8 cm³/mol. The maximum atomic E-state index is 12.0. The summed E-state index contributed by atoms with van der Waals surface area (Å²) in [6.07, 6.45) is 2.19. The molecule has 2 aromatic heterocycles. The Kier molecular flexibility index (Phi) is 4.08. The molecule has 1 unspecified atom stereocenters. The first-order valence-corrected chi connectivity index (χ1v) is 6.84. The summed E-state index contributed by atoms with van der Waals surface area (Å²) in [6, 6.07) is 0. The van der Waals surface area contributed by atoms with Crippen molar-refractivity contribution in [2.75, 3.05) is 0 Å². The van der Waals surface area contributed by atoms with Crippen LogP contribution in [0.2, 0.25) is 0 Å². The number of hydrogen-bond donors (Lipinski definition) is 2. The minimum Gasteiger partial charge on any atom is -0.385 e. The van der Waals surface area contributed by atoms with Gasteiger partial charge in [0.2, 0.25) is 0 Å². The van der Waals surface area contributed by atoms with Crippen molar-refractivity contribution < 1.29 is 5.11 Å². The number of aromatic amines is 1. The average molecular weight is 280 g/mol. The van der Waals surface area contributed by atoms with E-state index in [1.54, 1.807) is 18.5 Å². The molecule has 0 saturated carbocycles. The second kappa shape index (κ2) is 5.62. The highest BCUT2D eigenvalue weighted by Gasteiger charge is 2.19. The number of aromatic nitrogens is 4. The lowest BCUT2D eigenvalue weighted by Gasteiger charge is -2.09. The quantitative estimate of drug-likeness (QED) is 0.787. The number of H-pyrrole nitrogens is 1. The monoisotopic (exact) mass is 280 g/mol. The molecule has 20 heavy (non-hydrogen) atoms. The molecule has 0 aliphatic carbocycles. The van der Waals surface area contributed by atoms with Crippen molar-refractivity contribution >= 4 is 11.2 Å². The molecule has 0 amide bonds. The Morgan fingerprint density at radius 1 is 1.35 bits per heavy atom. The standard InChI is InChI=1S/C13H20N4O3/c1-4-5-6-7-17-9-11(14-10(17)8(2)18)16(3)13(20)15-12(9)19/h8,18H,4-7H2,1-3H3,(H,15,19,20). The van der Waals surface area contributed by atoms with E-state index in [1.165, 1.54) is 4.57 Å². The molecule has 2 N–H and O–H groups in total. The van der Waals surface area contributed by atoms with Crippen LogP contribution in [-0.2, 0) is 13.6 Å². The SMILES string of the molecule is CCCCCn1c(C(C)O)nc2c1c(=O)[nH]c(=O)n2C. The first-order chi connectivity index (χ1) is 9.47. The lowest BCUT2D eigenvalue weighted by Crippen LogP contribution is -2.29. The molecular weight excluding hydrogens is 260 g/mol. The van der Waals surface area contributed by atoms with Gasteiger partial charge >= 0.3 is 5.69 Å². The molecule has 0 fully saturated rings. The summed E-state index contributed by atoms with van der Waals surface area (Å²) in [5.74, 6) is 0.419. The van der Waals surface area contributed by atoms with Crippen LogP contribution in [-0.4, -0.2) is 24.2 Å². The Bertz CT molecular complexity index is 724. The fourth-order valence-corrected chi connectivity index (χ4v) is 2.32. The predicted octanol–water partition coefficient (Wildman–Crippen LogP) is 0.667. The number of aliphatic hydroxyl groups is 1. The molecule has 0 aliphatic heterocycles. The molecule has 2 aromatic rings. The maximum absolute atomic E-state index is 12.0. The maximum Gasteiger partial charge on any atom is 0.329 e. The molecule has 0 aromatic carbocycles. The summed E-state index contributed by atoms with van der Waals surface area (Å²) in [5, 5.41) is 9.83. The van der Waals surface area contributed by atoms with Gasteiger partial charge in [0.25, 0.3) is 5.56 Å². The molecule has 2 heterocycles. The third kappa shape index (κ3) is 2.40. The molecule has 2 rings (SSSR count). The minimum atomic E-state index is -0.793. The molecule has 0 bridgehead atoms. The highest BCUT2D eigenvalue weighted by atomic mass is 16.3. The number of nitrogens with zero attached hydrogens (tertiary/aromatic N) is 3. The van der Waals surface area contributed by atoms with Crippen molar-refractivity contribution in [1.82, 2.24) is 19.1 Å². The number of aliphatic hydroxyl groups excluding tert-OH is 1. The van der Waals surface area contributed by atoms with Crippen molar-refractivity contribution in [3.05, 3.63) is 26.7 Å². The summed E-state index contributed by atoms with van der Waals surface area (Å²) in [4.78, 5) is 30.2.